The highest BCUT2D eigenvalue weighted by atomic mass is 15.3. The van der Waals surface area contributed by atoms with Crippen molar-refractivity contribution in [2.75, 3.05) is 16.8 Å². The van der Waals surface area contributed by atoms with Gasteiger partial charge in [0, 0.05) is 13.6 Å². The maximum atomic E-state index is 2.44. The lowest BCUT2D eigenvalue weighted by Crippen LogP contribution is -2.26. The average molecular weight is 386 g/mol. The molecule has 0 radical (unpaired) electrons. The quantitative estimate of drug-likeness (QED) is 0.291. The summed E-state index contributed by atoms with van der Waals surface area (Å²) < 4.78 is 0. The molecule has 1 aliphatic heterocycles. The summed E-state index contributed by atoms with van der Waals surface area (Å²) in [7, 11) is 2.15. The van der Waals surface area contributed by atoms with Crippen molar-refractivity contribution in [3.63, 3.8) is 0 Å². The van der Waals surface area contributed by atoms with E-state index in [1.54, 1.807) is 0 Å². The monoisotopic (exact) mass is 386 g/mol. The molecule has 0 unspecified atom stereocenters. The van der Waals surface area contributed by atoms with Gasteiger partial charge in [-0.25, -0.2) is 0 Å². The lowest BCUT2D eigenvalue weighted by Gasteiger charge is -2.38. The van der Waals surface area contributed by atoms with Crippen molar-refractivity contribution >= 4 is 44.3 Å². The molecule has 1 aliphatic rings. The first kappa shape index (κ1) is 17.1. The summed E-state index contributed by atoms with van der Waals surface area (Å²) in [5.74, 6) is 0. The molecule has 0 saturated heterocycles. The van der Waals surface area contributed by atoms with Gasteiger partial charge >= 0.3 is 0 Å². The number of para-hydroxylation sites is 4. The third kappa shape index (κ3) is 2.65. The van der Waals surface area contributed by atoms with Crippen LogP contribution in [0.25, 0.3) is 21.5 Å². The second-order valence-electron chi connectivity index (χ2n) is 8.00. The Morgan fingerprint density at radius 3 is 1.63 bits per heavy atom. The van der Waals surface area contributed by atoms with Crippen LogP contribution in [0, 0.1) is 0 Å². The number of rotatable bonds is 2. The fraction of sp³-hybridized carbons (Fsp3) is 0.0714. The van der Waals surface area contributed by atoms with E-state index >= 15 is 0 Å². The van der Waals surface area contributed by atoms with E-state index in [2.05, 4.69) is 120 Å². The lowest BCUT2D eigenvalue weighted by molar-refractivity contribution is 0.951. The van der Waals surface area contributed by atoms with Crippen LogP contribution in [0.1, 0.15) is 5.56 Å². The summed E-state index contributed by atoms with van der Waals surface area (Å²) >= 11 is 0. The Labute approximate surface area is 176 Å². The zero-order chi connectivity index (χ0) is 20.1. The first-order chi connectivity index (χ1) is 14.8. The third-order valence-corrected chi connectivity index (χ3v) is 6.18. The fourth-order valence-electron chi connectivity index (χ4n) is 4.65. The van der Waals surface area contributed by atoms with Crippen molar-refractivity contribution in [2.24, 2.45) is 0 Å². The molecular weight excluding hydrogens is 364 g/mol. The molecule has 0 spiro atoms. The average Bonchev–Trinajstić information content (AvgIpc) is 2.80. The normalized spacial score (nSPS) is 12.8. The second-order valence-corrected chi connectivity index (χ2v) is 8.00. The molecule has 0 N–H and O–H groups in total. The van der Waals surface area contributed by atoms with Gasteiger partial charge in [-0.05, 0) is 69.6 Å². The molecule has 0 aliphatic carbocycles. The molecule has 2 heteroatoms. The van der Waals surface area contributed by atoms with Crippen molar-refractivity contribution in [3.05, 3.63) is 109 Å². The van der Waals surface area contributed by atoms with Crippen LogP contribution in [0.15, 0.2) is 103 Å². The van der Waals surface area contributed by atoms with Gasteiger partial charge in [0.2, 0.25) is 0 Å². The predicted octanol–water partition coefficient (Wildman–Crippen LogP) is 7.41. The third-order valence-electron chi connectivity index (χ3n) is 6.18. The van der Waals surface area contributed by atoms with Gasteiger partial charge in [-0.2, -0.15) is 0 Å². The van der Waals surface area contributed by atoms with Crippen molar-refractivity contribution in [1.82, 2.24) is 0 Å². The molecule has 0 atom stereocenters. The van der Waals surface area contributed by atoms with E-state index in [9.17, 15) is 0 Å². The van der Waals surface area contributed by atoms with Crippen molar-refractivity contribution in [1.29, 1.82) is 0 Å². The van der Waals surface area contributed by atoms with Gasteiger partial charge in [0.15, 0.2) is 0 Å². The van der Waals surface area contributed by atoms with E-state index in [1.165, 1.54) is 49.9 Å². The molecular formula is C28H22N2. The molecule has 0 amide bonds. The van der Waals surface area contributed by atoms with Crippen LogP contribution in [-0.2, 0) is 6.54 Å². The fourth-order valence-corrected chi connectivity index (χ4v) is 4.65. The molecule has 6 rings (SSSR count). The Morgan fingerprint density at radius 1 is 0.500 bits per heavy atom. The molecule has 2 nitrogen and oxygen atoms in total. The Morgan fingerprint density at radius 2 is 1.00 bits per heavy atom. The maximum Gasteiger partial charge on any atom is 0.0655 e. The van der Waals surface area contributed by atoms with Crippen molar-refractivity contribution in [2.45, 2.75) is 6.54 Å². The highest BCUT2D eigenvalue weighted by Gasteiger charge is 2.25. The van der Waals surface area contributed by atoms with E-state index in [0.717, 1.165) is 6.54 Å². The highest BCUT2D eigenvalue weighted by Crippen LogP contribution is 2.47. The van der Waals surface area contributed by atoms with Crippen molar-refractivity contribution in [3.8, 4) is 0 Å². The Kier molecular flexibility index (Phi) is 3.78. The maximum absolute atomic E-state index is 2.44. The number of benzene rings is 5. The molecule has 0 saturated carbocycles. The molecule has 0 fully saturated rings. The Bertz CT molecular complexity index is 1360. The van der Waals surface area contributed by atoms with Gasteiger partial charge in [-0.3, -0.25) is 0 Å². The van der Waals surface area contributed by atoms with Gasteiger partial charge in [0.1, 0.15) is 0 Å². The molecule has 1 heterocycles. The van der Waals surface area contributed by atoms with Crippen LogP contribution < -0.4 is 9.80 Å². The van der Waals surface area contributed by atoms with Crippen LogP contribution in [0.3, 0.4) is 0 Å². The molecule has 5 aromatic carbocycles. The second kappa shape index (κ2) is 6.64. The van der Waals surface area contributed by atoms with Crippen LogP contribution in [0.2, 0.25) is 0 Å². The molecule has 0 aromatic heterocycles. The highest BCUT2D eigenvalue weighted by molar-refractivity contribution is 5.98. The largest absolute Gasteiger partial charge is 0.341 e. The van der Waals surface area contributed by atoms with Crippen LogP contribution in [0.5, 0.6) is 0 Å². The van der Waals surface area contributed by atoms with Gasteiger partial charge in [-0.15, -0.1) is 0 Å². The summed E-state index contributed by atoms with van der Waals surface area (Å²) in [5.41, 5.74) is 6.28. The zero-order valence-corrected chi connectivity index (χ0v) is 16.9. The minimum Gasteiger partial charge on any atom is -0.341 e. The summed E-state index contributed by atoms with van der Waals surface area (Å²) in [4.78, 5) is 4.72. The number of anilines is 4. The molecule has 144 valence electrons. The SMILES string of the molecule is CN1c2ccccc2N(Cc2ccc3cc4ccccc4cc3c2)c2ccccc21. The molecule has 30 heavy (non-hydrogen) atoms. The van der Waals surface area contributed by atoms with E-state index < -0.39 is 0 Å². The first-order valence-corrected chi connectivity index (χ1v) is 10.4. The minimum absolute atomic E-state index is 0.838. The van der Waals surface area contributed by atoms with Gasteiger partial charge in [-0.1, -0.05) is 60.7 Å². The van der Waals surface area contributed by atoms with Crippen molar-refractivity contribution < 1.29 is 0 Å². The number of hydrogen-bond acceptors (Lipinski definition) is 2. The molecule has 0 bridgehead atoms. The van der Waals surface area contributed by atoms with Gasteiger partial charge in [0.25, 0.3) is 0 Å². The van der Waals surface area contributed by atoms with E-state index in [-0.39, 0.29) is 0 Å². The van der Waals surface area contributed by atoms with Crippen LogP contribution in [0.4, 0.5) is 22.7 Å². The number of fused-ring (bicyclic) bond motifs is 4. The number of hydrogen-bond donors (Lipinski definition) is 0. The van der Waals surface area contributed by atoms with Crippen LogP contribution >= 0.6 is 0 Å². The van der Waals surface area contributed by atoms with Crippen LogP contribution in [-0.4, -0.2) is 7.05 Å². The smallest absolute Gasteiger partial charge is 0.0655 e. The summed E-state index contributed by atoms with van der Waals surface area (Å²) in [5, 5.41) is 5.16. The van der Waals surface area contributed by atoms with Gasteiger partial charge < -0.3 is 9.80 Å². The molecule has 5 aromatic rings. The standard InChI is InChI=1S/C28H22N2/c1-29-25-10-4-6-12-27(25)30(28-13-7-5-11-26(28)29)19-20-14-15-23-17-21-8-2-3-9-22(21)18-24(23)16-20/h2-18H,19H2,1H3. The van der Waals surface area contributed by atoms with E-state index in [1.807, 2.05) is 0 Å². The summed E-state index contributed by atoms with van der Waals surface area (Å²) in [6.07, 6.45) is 0. The minimum atomic E-state index is 0.838. The van der Waals surface area contributed by atoms with E-state index in [0.29, 0.717) is 0 Å². The Hall–Kier alpha value is -3.78. The zero-order valence-electron chi connectivity index (χ0n) is 16.9. The van der Waals surface area contributed by atoms with Gasteiger partial charge in [0.05, 0.1) is 22.7 Å². The lowest BCUT2D eigenvalue weighted by atomic mass is 10.0. The Balaban J connectivity index is 1.46. The number of nitrogens with zero attached hydrogens (tertiary/aromatic N) is 2. The summed E-state index contributed by atoms with van der Waals surface area (Å²) in [6, 6.07) is 37.3. The predicted molar refractivity (Wildman–Crippen MR) is 128 cm³/mol. The van der Waals surface area contributed by atoms with E-state index in [4.69, 9.17) is 0 Å². The topological polar surface area (TPSA) is 6.48 Å². The summed E-state index contributed by atoms with van der Waals surface area (Å²) in [6.45, 7) is 0.838. The first-order valence-electron chi connectivity index (χ1n) is 10.4.